The molecule has 3 aliphatic heterocycles. The molecule has 2 fully saturated rings. The summed E-state index contributed by atoms with van der Waals surface area (Å²) in [6, 6.07) is 7.08. The van der Waals surface area contributed by atoms with Crippen LogP contribution in [0.1, 0.15) is 6.92 Å². The van der Waals surface area contributed by atoms with E-state index in [1.54, 1.807) is 36.1 Å². The first-order valence-electron chi connectivity index (χ1n) is 7.66. The van der Waals surface area contributed by atoms with E-state index in [0.717, 1.165) is 5.69 Å². The van der Waals surface area contributed by atoms with Crippen molar-refractivity contribution in [3.8, 4) is 0 Å². The third-order valence-electron chi connectivity index (χ3n) is 4.80. The number of hydrogen-bond donors (Lipinski definition) is 0. The van der Waals surface area contributed by atoms with Crippen LogP contribution in [0.5, 0.6) is 0 Å². The number of rotatable bonds is 3. The molecule has 0 radical (unpaired) electrons. The van der Waals surface area contributed by atoms with E-state index in [2.05, 4.69) is 0 Å². The first-order valence-corrected chi connectivity index (χ1v) is 8.04. The minimum atomic E-state index is -0.723. The highest BCUT2D eigenvalue weighted by Crippen LogP contribution is 2.52. The van der Waals surface area contributed by atoms with Crippen LogP contribution in [-0.2, 0) is 19.1 Å². The van der Waals surface area contributed by atoms with Gasteiger partial charge in [0.05, 0.1) is 25.2 Å². The van der Waals surface area contributed by atoms with Gasteiger partial charge in [-0.05, 0) is 31.2 Å². The van der Waals surface area contributed by atoms with Crippen LogP contribution in [0.25, 0.3) is 0 Å². The minimum Gasteiger partial charge on any atom is -0.466 e. The van der Waals surface area contributed by atoms with Crippen molar-refractivity contribution >= 4 is 29.2 Å². The van der Waals surface area contributed by atoms with E-state index in [-0.39, 0.29) is 18.0 Å². The van der Waals surface area contributed by atoms with Gasteiger partial charge in [0.1, 0.15) is 11.5 Å². The Morgan fingerprint density at radius 1 is 1.43 bits per heavy atom. The van der Waals surface area contributed by atoms with E-state index < -0.39 is 17.4 Å². The molecule has 1 aromatic rings. The van der Waals surface area contributed by atoms with Crippen LogP contribution in [-0.4, -0.2) is 36.7 Å². The largest absolute Gasteiger partial charge is 0.466 e. The van der Waals surface area contributed by atoms with Gasteiger partial charge >= 0.3 is 5.97 Å². The highest BCUT2D eigenvalue weighted by molar-refractivity contribution is 6.30. The Kier molecular flexibility index (Phi) is 3.25. The molecule has 2 saturated heterocycles. The standard InChI is InChI=1S/C17H16ClNO4/c1-2-22-16(21)13-12-7-8-17(23-12)9-19(15(20)14(13)17)11-5-3-10(18)4-6-11/h3-8,12-14H,2,9H2,1H3/t12-,13-,14-,17+/m1/s1. The van der Waals surface area contributed by atoms with Gasteiger partial charge in [0, 0.05) is 10.7 Å². The van der Waals surface area contributed by atoms with Crippen molar-refractivity contribution in [2.75, 3.05) is 18.1 Å². The van der Waals surface area contributed by atoms with E-state index in [9.17, 15) is 9.59 Å². The van der Waals surface area contributed by atoms with Crippen LogP contribution < -0.4 is 4.90 Å². The average molecular weight is 334 g/mol. The normalized spacial score (nSPS) is 34.1. The zero-order valence-electron chi connectivity index (χ0n) is 12.6. The second-order valence-electron chi connectivity index (χ2n) is 6.05. The minimum absolute atomic E-state index is 0.0998. The van der Waals surface area contributed by atoms with Crippen molar-refractivity contribution in [2.24, 2.45) is 11.8 Å². The fraction of sp³-hybridized carbons (Fsp3) is 0.412. The molecule has 6 heteroatoms. The van der Waals surface area contributed by atoms with Crippen molar-refractivity contribution in [3.05, 3.63) is 41.4 Å². The Labute approximate surface area is 138 Å². The third kappa shape index (κ3) is 2.03. The molecule has 0 unspecified atom stereocenters. The number of halogens is 1. The number of carbonyl (C=O) groups is 2. The average Bonchev–Trinajstić information content (AvgIpc) is 3.17. The van der Waals surface area contributed by atoms with Crippen LogP contribution in [0.3, 0.4) is 0 Å². The number of benzene rings is 1. The molecule has 4 atom stereocenters. The van der Waals surface area contributed by atoms with Gasteiger partial charge in [-0.15, -0.1) is 0 Å². The van der Waals surface area contributed by atoms with Crippen LogP contribution in [0.15, 0.2) is 36.4 Å². The maximum Gasteiger partial charge on any atom is 0.312 e. The monoisotopic (exact) mass is 333 g/mol. The number of carbonyl (C=O) groups excluding carboxylic acids is 2. The highest BCUT2D eigenvalue weighted by atomic mass is 35.5. The molecule has 3 heterocycles. The van der Waals surface area contributed by atoms with E-state index in [0.29, 0.717) is 18.2 Å². The molecule has 0 N–H and O–H groups in total. The van der Waals surface area contributed by atoms with Crippen LogP contribution in [0.2, 0.25) is 5.02 Å². The first-order chi connectivity index (χ1) is 11.1. The number of amides is 1. The molecule has 120 valence electrons. The fourth-order valence-corrected chi connectivity index (χ4v) is 3.97. The Morgan fingerprint density at radius 3 is 2.87 bits per heavy atom. The summed E-state index contributed by atoms with van der Waals surface area (Å²) in [5, 5.41) is 0.611. The molecule has 5 nitrogen and oxygen atoms in total. The number of hydrogen-bond acceptors (Lipinski definition) is 4. The van der Waals surface area contributed by atoms with E-state index in [1.807, 2.05) is 12.2 Å². The predicted octanol–water partition coefficient (Wildman–Crippen LogP) is 2.19. The van der Waals surface area contributed by atoms with E-state index >= 15 is 0 Å². The number of esters is 1. The Balaban J connectivity index is 1.68. The predicted molar refractivity (Wildman–Crippen MR) is 84.2 cm³/mol. The lowest BCUT2D eigenvalue weighted by Crippen LogP contribution is -2.40. The van der Waals surface area contributed by atoms with Crippen LogP contribution in [0, 0.1) is 11.8 Å². The van der Waals surface area contributed by atoms with Gasteiger partial charge in [-0.2, -0.15) is 0 Å². The molecular formula is C17H16ClNO4. The van der Waals surface area contributed by atoms with E-state index in [4.69, 9.17) is 21.1 Å². The quantitative estimate of drug-likeness (QED) is 0.628. The maximum absolute atomic E-state index is 12.9. The summed E-state index contributed by atoms with van der Waals surface area (Å²) in [7, 11) is 0. The third-order valence-corrected chi connectivity index (χ3v) is 5.05. The van der Waals surface area contributed by atoms with Gasteiger partial charge in [0.25, 0.3) is 0 Å². The van der Waals surface area contributed by atoms with Gasteiger partial charge in [0.15, 0.2) is 0 Å². The number of anilines is 1. The lowest BCUT2D eigenvalue weighted by Gasteiger charge is -2.22. The van der Waals surface area contributed by atoms with E-state index in [1.165, 1.54) is 0 Å². The second kappa shape index (κ2) is 5.08. The first kappa shape index (κ1) is 14.7. The Morgan fingerprint density at radius 2 is 2.17 bits per heavy atom. The topological polar surface area (TPSA) is 55.8 Å². The summed E-state index contributed by atoms with van der Waals surface area (Å²) in [5.74, 6) is -1.55. The summed E-state index contributed by atoms with van der Waals surface area (Å²) in [6.07, 6.45) is 3.43. The smallest absolute Gasteiger partial charge is 0.312 e. The molecule has 2 bridgehead atoms. The molecule has 1 amide bonds. The number of fused-ring (bicyclic) bond motifs is 1. The summed E-state index contributed by atoms with van der Waals surface area (Å²) in [6.45, 7) is 2.45. The summed E-state index contributed by atoms with van der Waals surface area (Å²) in [4.78, 5) is 26.9. The van der Waals surface area contributed by atoms with Crippen molar-refractivity contribution in [2.45, 2.75) is 18.6 Å². The van der Waals surface area contributed by atoms with Gasteiger partial charge < -0.3 is 14.4 Å². The highest BCUT2D eigenvalue weighted by Gasteiger charge is 2.67. The van der Waals surface area contributed by atoms with Gasteiger partial charge in [-0.25, -0.2) is 0 Å². The number of nitrogens with zero attached hydrogens (tertiary/aromatic N) is 1. The van der Waals surface area contributed by atoms with Crippen LogP contribution in [0.4, 0.5) is 5.69 Å². The van der Waals surface area contributed by atoms with Crippen molar-refractivity contribution in [1.82, 2.24) is 0 Å². The lowest BCUT2D eigenvalue weighted by atomic mass is 9.77. The molecule has 0 saturated carbocycles. The zero-order valence-corrected chi connectivity index (χ0v) is 13.3. The summed E-state index contributed by atoms with van der Waals surface area (Å²) >= 11 is 5.91. The second-order valence-corrected chi connectivity index (χ2v) is 6.49. The molecule has 0 aliphatic carbocycles. The Hall–Kier alpha value is -1.85. The van der Waals surface area contributed by atoms with Crippen molar-refractivity contribution in [3.63, 3.8) is 0 Å². The zero-order chi connectivity index (χ0) is 16.2. The molecule has 0 aromatic heterocycles. The summed E-state index contributed by atoms with van der Waals surface area (Å²) in [5.41, 5.74) is 0.0324. The van der Waals surface area contributed by atoms with Gasteiger partial charge in [0.2, 0.25) is 5.91 Å². The van der Waals surface area contributed by atoms with Crippen molar-refractivity contribution < 1.29 is 19.1 Å². The summed E-state index contributed by atoms with van der Waals surface area (Å²) < 4.78 is 11.2. The molecule has 4 rings (SSSR count). The lowest BCUT2D eigenvalue weighted by molar-refractivity contribution is -0.151. The molecular weight excluding hydrogens is 318 g/mol. The van der Waals surface area contributed by atoms with Gasteiger partial charge in [-0.3, -0.25) is 9.59 Å². The van der Waals surface area contributed by atoms with Crippen LogP contribution >= 0.6 is 11.6 Å². The molecule has 1 aromatic carbocycles. The molecule has 3 aliphatic rings. The molecule has 1 spiro atoms. The Bertz CT molecular complexity index is 701. The maximum atomic E-state index is 12.9. The SMILES string of the molecule is CCOC(=O)[C@@H]1[C@H]2C=C[C@@]3(CN(c4ccc(Cl)cc4)C(=O)[C@@H]13)O2. The van der Waals surface area contributed by atoms with Crippen molar-refractivity contribution in [1.29, 1.82) is 0 Å². The van der Waals surface area contributed by atoms with Gasteiger partial charge in [-0.1, -0.05) is 23.8 Å². The molecule has 23 heavy (non-hydrogen) atoms. The number of ether oxygens (including phenoxy) is 2. The fourth-order valence-electron chi connectivity index (χ4n) is 3.85.